The molecule has 1 aliphatic rings. The predicted octanol–water partition coefficient (Wildman–Crippen LogP) is 3.37. The van der Waals surface area contributed by atoms with Gasteiger partial charge in [0.05, 0.1) is 12.1 Å². The van der Waals surface area contributed by atoms with Gasteiger partial charge in [-0.1, -0.05) is 0 Å². The van der Waals surface area contributed by atoms with E-state index in [2.05, 4.69) is 15.6 Å². The zero-order valence-electron chi connectivity index (χ0n) is 14.4. The van der Waals surface area contributed by atoms with Gasteiger partial charge in [0.1, 0.15) is 12.1 Å². The normalized spacial score (nSPS) is 16.3. The van der Waals surface area contributed by atoms with Gasteiger partial charge in [-0.25, -0.2) is 9.37 Å². The Kier molecular flexibility index (Phi) is 9.62. The van der Waals surface area contributed by atoms with Crippen molar-refractivity contribution in [1.29, 1.82) is 0 Å². The number of aromatic nitrogens is 1. The SMILES string of the molecule is Cl.Cl.O=C(Cc1coc(-c2ccc(F)cc2)n1)NCCC1CCCNC1. The van der Waals surface area contributed by atoms with Gasteiger partial charge in [0.2, 0.25) is 11.8 Å². The van der Waals surface area contributed by atoms with Gasteiger partial charge in [0, 0.05) is 12.1 Å². The lowest BCUT2D eigenvalue weighted by Crippen LogP contribution is -2.33. The van der Waals surface area contributed by atoms with Crippen molar-refractivity contribution >= 4 is 30.7 Å². The van der Waals surface area contributed by atoms with Gasteiger partial charge in [0.15, 0.2) is 0 Å². The van der Waals surface area contributed by atoms with Crippen LogP contribution in [0.4, 0.5) is 4.39 Å². The van der Waals surface area contributed by atoms with Gasteiger partial charge in [0.25, 0.3) is 0 Å². The molecule has 26 heavy (non-hydrogen) atoms. The first-order valence-electron chi connectivity index (χ1n) is 8.38. The molecule has 0 bridgehead atoms. The molecule has 1 aromatic carbocycles. The third-order valence-electron chi connectivity index (χ3n) is 4.26. The fourth-order valence-corrected chi connectivity index (χ4v) is 2.93. The summed E-state index contributed by atoms with van der Waals surface area (Å²) in [5, 5.41) is 6.31. The van der Waals surface area contributed by atoms with E-state index >= 15 is 0 Å². The third-order valence-corrected chi connectivity index (χ3v) is 4.26. The molecule has 1 unspecified atom stereocenters. The van der Waals surface area contributed by atoms with Crippen molar-refractivity contribution in [2.45, 2.75) is 25.7 Å². The van der Waals surface area contributed by atoms with E-state index in [0.717, 1.165) is 19.5 Å². The number of carbonyl (C=O) groups is 1. The number of benzene rings is 1. The van der Waals surface area contributed by atoms with Gasteiger partial charge in [-0.15, -0.1) is 24.8 Å². The van der Waals surface area contributed by atoms with Crippen molar-refractivity contribution in [3.63, 3.8) is 0 Å². The molecule has 1 aromatic heterocycles. The summed E-state index contributed by atoms with van der Waals surface area (Å²) in [7, 11) is 0. The molecule has 0 saturated carbocycles. The lowest BCUT2D eigenvalue weighted by molar-refractivity contribution is -0.120. The highest BCUT2D eigenvalue weighted by Gasteiger charge is 2.14. The summed E-state index contributed by atoms with van der Waals surface area (Å²) < 4.78 is 18.3. The number of carbonyl (C=O) groups excluding carboxylic acids is 1. The fraction of sp³-hybridized carbons (Fsp3) is 0.444. The third kappa shape index (κ3) is 6.59. The average molecular weight is 404 g/mol. The van der Waals surface area contributed by atoms with E-state index in [4.69, 9.17) is 4.42 Å². The molecular weight excluding hydrogens is 380 g/mol. The number of hydrogen-bond donors (Lipinski definition) is 2. The molecule has 3 rings (SSSR count). The second kappa shape index (κ2) is 11.2. The first-order valence-corrected chi connectivity index (χ1v) is 8.38. The Morgan fingerprint density at radius 1 is 1.31 bits per heavy atom. The molecule has 144 valence electrons. The Hall–Kier alpha value is -1.63. The van der Waals surface area contributed by atoms with E-state index in [1.54, 1.807) is 12.1 Å². The van der Waals surface area contributed by atoms with Crippen molar-refractivity contribution in [2.24, 2.45) is 5.92 Å². The predicted molar refractivity (Wildman–Crippen MR) is 103 cm³/mol. The van der Waals surface area contributed by atoms with Crippen molar-refractivity contribution in [1.82, 2.24) is 15.6 Å². The summed E-state index contributed by atoms with van der Waals surface area (Å²) >= 11 is 0. The Morgan fingerprint density at radius 2 is 2.08 bits per heavy atom. The molecule has 1 aliphatic heterocycles. The maximum atomic E-state index is 12.9. The minimum Gasteiger partial charge on any atom is -0.444 e. The molecule has 2 aromatic rings. The monoisotopic (exact) mass is 403 g/mol. The number of oxazole rings is 1. The van der Waals surface area contributed by atoms with Crippen LogP contribution in [0.25, 0.3) is 11.5 Å². The highest BCUT2D eigenvalue weighted by Crippen LogP contribution is 2.19. The number of hydrogen-bond acceptors (Lipinski definition) is 4. The number of piperidine rings is 1. The maximum absolute atomic E-state index is 12.9. The van der Waals surface area contributed by atoms with Crippen LogP contribution in [-0.2, 0) is 11.2 Å². The number of rotatable bonds is 6. The van der Waals surface area contributed by atoms with Gasteiger partial charge in [-0.2, -0.15) is 0 Å². The Labute approximate surface area is 165 Å². The molecule has 2 N–H and O–H groups in total. The zero-order valence-corrected chi connectivity index (χ0v) is 16.0. The lowest BCUT2D eigenvalue weighted by atomic mass is 9.96. The van der Waals surface area contributed by atoms with Crippen LogP contribution >= 0.6 is 24.8 Å². The average Bonchev–Trinajstić information content (AvgIpc) is 3.05. The molecule has 0 spiro atoms. The summed E-state index contributed by atoms with van der Waals surface area (Å²) in [5.41, 5.74) is 1.26. The van der Waals surface area contributed by atoms with Gasteiger partial charge in [-0.05, 0) is 62.5 Å². The maximum Gasteiger partial charge on any atom is 0.226 e. The lowest BCUT2D eigenvalue weighted by Gasteiger charge is -2.22. The van der Waals surface area contributed by atoms with E-state index in [-0.39, 0.29) is 43.0 Å². The number of halogens is 3. The largest absolute Gasteiger partial charge is 0.444 e. The first-order chi connectivity index (χ1) is 11.7. The molecule has 0 radical (unpaired) electrons. The van der Waals surface area contributed by atoms with Gasteiger partial charge >= 0.3 is 0 Å². The smallest absolute Gasteiger partial charge is 0.226 e. The molecule has 0 aliphatic carbocycles. The van der Waals surface area contributed by atoms with Crippen LogP contribution in [0, 0.1) is 11.7 Å². The Balaban J connectivity index is 0.00000169. The van der Waals surface area contributed by atoms with Crippen molar-refractivity contribution in [3.05, 3.63) is 42.0 Å². The number of nitrogens with zero attached hydrogens (tertiary/aromatic N) is 1. The van der Waals surface area contributed by atoms with Crippen molar-refractivity contribution in [2.75, 3.05) is 19.6 Å². The molecular formula is C18H24Cl2FN3O2. The van der Waals surface area contributed by atoms with Crippen molar-refractivity contribution in [3.8, 4) is 11.5 Å². The second-order valence-electron chi connectivity index (χ2n) is 6.18. The summed E-state index contributed by atoms with van der Waals surface area (Å²) in [5.74, 6) is 0.679. The molecule has 1 fully saturated rings. The van der Waals surface area contributed by atoms with Gasteiger partial charge < -0.3 is 15.1 Å². The molecule has 1 saturated heterocycles. The van der Waals surface area contributed by atoms with Crippen molar-refractivity contribution < 1.29 is 13.6 Å². The standard InChI is InChI=1S/C18H22FN3O2.2ClH/c19-15-5-3-14(4-6-15)18-22-16(12-24-18)10-17(23)21-9-7-13-2-1-8-20-11-13;;/h3-6,12-13,20H,1-2,7-11H2,(H,21,23);2*1H. The van der Waals surface area contributed by atoms with Crippen LogP contribution in [0.3, 0.4) is 0 Å². The minimum atomic E-state index is -0.307. The summed E-state index contributed by atoms with van der Waals surface area (Å²) in [4.78, 5) is 16.3. The highest BCUT2D eigenvalue weighted by molar-refractivity contribution is 5.85. The van der Waals surface area contributed by atoms with Crippen LogP contribution in [0.15, 0.2) is 34.9 Å². The van der Waals surface area contributed by atoms with E-state index in [0.29, 0.717) is 29.6 Å². The fourth-order valence-electron chi connectivity index (χ4n) is 2.93. The van der Waals surface area contributed by atoms with E-state index in [1.807, 2.05) is 0 Å². The molecule has 8 heteroatoms. The van der Waals surface area contributed by atoms with Crippen LogP contribution in [0.1, 0.15) is 25.0 Å². The summed E-state index contributed by atoms with van der Waals surface area (Å²) in [6, 6.07) is 5.91. The Bertz CT molecular complexity index is 673. The molecule has 1 amide bonds. The summed E-state index contributed by atoms with van der Waals surface area (Å²) in [6.07, 6.45) is 5.10. The Morgan fingerprint density at radius 3 is 2.77 bits per heavy atom. The number of nitrogens with one attached hydrogen (secondary N) is 2. The topological polar surface area (TPSA) is 67.2 Å². The summed E-state index contributed by atoms with van der Waals surface area (Å²) in [6.45, 7) is 2.83. The number of amides is 1. The van der Waals surface area contributed by atoms with Crippen LogP contribution in [0.2, 0.25) is 0 Å². The second-order valence-corrected chi connectivity index (χ2v) is 6.18. The highest BCUT2D eigenvalue weighted by atomic mass is 35.5. The van der Waals surface area contributed by atoms with Crippen LogP contribution in [0.5, 0.6) is 0 Å². The van der Waals surface area contributed by atoms with E-state index in [1.165, 1.54) is 31.2 Å². The molecule has 5 nitrogen and oxygen atoms in total. The van der Waals surface area contributed by atoms with E-state index in [9.17, 15) is 9.18 Å². The first kappa shape index (κ1) is 22.4. The quantitative estimate of drug-likeness (QED) is 0.775. The van der Waals surface area contributed by atoms with Crippen LogP contribution < -0.4 is 10.6 Å². The van der Waals surface area contributed by atoms with Gasteiger partial charge in [-0.3, -0.25) is 4.79 Å². The minimum absolute atomic E-state index is 0. The van der Waals surface area contributed by atoms with Crippen LogP contribution in [-0.4, -0.2) is 30.5 Å². The van der Waals surface area contributed by atoms with E-state index < -0.39 is 0 Å². The molecule has 1 atom stereocenters. The zero-order chi connectivity index (χ0) is 16.8. The molecule has 2 heterocycles.